The summed E-state index contributed by atoms with van der Waals surface area (Å²) < 4.78 is 0. The molecular weight excluding hydrogens is 290 g/mol. The minimum atomic E-state index is -0.226. The lowest BCUT2D eigenvalue weighted by Gasteiger charge is -2.30. The van der Waals surface area contributed by atoms with Crippen LogP contribution in [0.15, 0.2) is 48.8 Å². The third-order valence-corrected chi connectivity index (χ3v) is 4.23. The summed E-state index contributed by atoms with van der Waals surface area (Å²) in [6.45, 7) is 0. The number of nitrogens with one attached hydrogen (secondary N) is 1. The van der Waals surface area contributed by atoms with Crippen LogP contribution in [0, 0.1) is 5.92 Å². The molecule has 0 radical (unpaired) electrons. The Morgan fingerprint density at radius 3 is 2.22 bits per heavy atom. The molecule has 2 aromatic heterocycles. The standard InChI is InChI=1S/C18H19N3O2/c22-17(15-9-3-5-11-19-15)13-7-1-2-8-14(13)21-18(23)16-10-4-6-12-20-16/h3-6,9-14H,1-2,7-8H2,(H,21,23). The quantitative estimate of drug-likeness (QED) is 0.881. The molecular formula is C18H19N3O2. The lowest BCUT2D eigenvalue weighted by atomic mass is 9.80. The summed E-state index contributed by atoms with van der Waals surface area (Å²) in [5.74, 6) is -0.431. The fraction of sp³-hybridized carbons (Fsp3) is 0.333. The first-order chi connectivity index (χ1) is 11.3. The minimum absolute atomic E-state index is 0.0108. The molecule has 1 amide bonds. The van der Waals surface area contributed by atoms with Gasteiger partial charge in [0, 0.05) is 24.4 Å². The summed E-state index contributed by atoms with van der Waals surface area (Å²) in [5.41, 5.74) is 0.846. The number of rotatable bonds is 4. The zero-order valence-electron chi connectivity index (χ0n) is 12.8. The molecule has 0 saturated heterocycles. The predicted molar refractivity (Wildman–Crippen MR) is 86.0 cm³/mol. The molecule has 2 heterocycles. The van der Waals surface area contributed by atoms with Crippen LogP contribution in [0.1, 0.15) is 46.7 Å². The van der Waals surface area contributed by atoms with E-state index in [9.17, 15) is 9.59 Å². The molecule has 3 rings (SSSR count). The largest absolute Gasteiger partial charge is 0.347 e. The van der Waals surface area contributed by atoms with Gasteiger partial charge in [-0.2, -0.15) is 0 Å². The Balaban J connectivity index is 1.74. The lowest BCUT2D eigenvalue weighted by molar-refractivity contribution is 0.0804. The molecule has 1 saturated carbocycles. The van der Waals surface area contributed by atoms with Crippen molar-refractivity contribution in [1.29, 1.82) is 0 Å². The SMILES string of the molecule is O=C(NC1CCCCC1C(=O)c1ccccn1)c1ccccn1. The van der Waals surface area contributed by atoms with Crippen LogP contribution in [0.3, 0.4) is 0 Å². The van der Waals surface area contributed by atoms with E-state index in [1.165, 1.54) is 0 Å². The monoisotopic (exact) mass is 309 g/mol. The normalized spacial score (nSPS) is 20.7. The number of carbonyl (C=O) groups excluding carboxylic acids is 2. The van der Waals surface area contributed by atoms with Gasteiger partial charge in [-0.05, 0) is 37.1 Å². The van der Waals surface area contributed by atoms with Crippen LogP contribution in [0.4, 0.5) is 0 Å². The maximum Gasteiger partial charge on any atom is 0.270 e. The predicted octanol–water partition coefficient (Wildman–Crippen LogP) is 2.65. The maximum atomic E-state index is 12.7. The van der Waals surface area contributed by atoms with Crippen molar-refractivity contribution < 1.29 is 9.59 Å². The fourth-order valence-corrected chi connectivity index (χ4v) is 3.06. The van der Waals surface area contributed by atoms with Crippen LogP contribution in [-0.4, -0.2) is 27.7 Å². The van der Waals surface area contributed by atoms with Gasteiger partial charge in [-0.3, -0.25) is 19.6 Å². The maximum absolute atomic E-state index is 12.7. The van der Waals surface area contributed by atoms with Gasteiger partial charge in [0.15, 0.2) is 5.78 Å². The van der Waals surface area contributed by atoms with Gasteiger partial charge in [-0.25, -0.2) is 0 Å². The van der Waals surface area contributed by atoms with Gasteiger partial charge in [0.2, 0.25) is 0 Å². The van der Waals surface area contributed by atoms with E-state index in [4.69, 9.17) is 0 Å². The third-order valence-electron chi connectivity index (χ3n) is 4.23. The summed E-state index contributed by atoms with van der Waals surface area (Å²) in [6.07, 6.45) is 6.81. The summed E-state index contributed by atoms with van der Waals surface area (Å²) in [7, 11) is 0. The second kappa shape index (κ2) is 7.13. The number of hydrogen-bond acceptors (Lipinski definition) is 4. The molecule has 2 aromatic rings. The van der Waals surface area contributed by atoms with E-state index in [1.807, 2.05) is 6.07 Å². The molecule has 2 unspecified atom stereocenters. The third kappa shape index (κ3) is 3.62. The first-order valence-electron chi connectivity index (χ1n) is 7.93. The van der Waals surface area contributed by atoms with E-state index in [0.717, 1.165) is 25.7 Å². The summed E-state index contributed by atoms with van der Waals surface area (Å²) in [6, 6.07) is 10.4. The molecule has 0 aromatic carbocycles. The molecule has 118 valence electrons. The van der Waals surface area contributed by atoms with E-state index in [1.54, 1.807) is 42.7 Å². The highest BCUT2D eigenvalue weighted by Crippen LogP contribution is 2.27. The molecule has 5 heteroatoms. The molecule has 2 atom stereocenters. The minimum Gasteiger partial charge on any atom is -0.347 e. The molecule has 23 heavy (non-hydrogen) atoms. The topological polar surface area (TPSA) is 72.0 Å². The van der Waals surface area contributed by atoms with Crippen molar-refractivity contribution in [2.75, 3.05) is 0 Å². The molecule has 1 aliphatic carbocycles. The van der Waals surface area contributed by atoms with E-state index in [-0.39, 0.29) is 23.7 Å². The van der Waals surface area contributed by atoms with Crippen LogP contribution in [-0.2, 0) is 0 Å². The number of aromatic nitrogens is 2. The summed E-state index contributed by atoms with van der Waals surface area (Å²) >= 11 is 0. The van der Waals surface area contributed by atoms with Crippen molar-refractivity contribution in [1.82, 2.24) is 15.3 Å². The highest BCUT2D eigenvalue weighted by atomic mass is 16.2. The van der Waals surface area contributed by atoms with Gasteiger partial charge in [0.25, 0.3) is 5.91 Å². The zero-order valence-corrected chi connectivity index (χ0v) is 12.8. The van der Waals surface area contributed by atoms with Crippen LogP contribution in [0.25, 0.3) is 0 Å². The molecule has 1 aliphatic rings. The smallest absolute Gasteiger partial charge is 0.270 e. The van der Waals surface area contributed by atoms with Crippen LogP contribution in [0.5, 0.6) is 0 Å². The van der Waals surface area contributed by atoms with E-state index >= 15 is 0 Å². The molecule has 5 nitrogen and oxygen atoms in total. The van der Waals surface area contributed by atoms with Crippen molar-refractivity contribution in [3.05, 3.63) is 60.2 Å². The Morgan fingerprint density at radius 1 is 0.913 bits per heavy atom. The molecule has 1 N–H and O–H groups in total. The lowest BCUT2D eigenvalue weighted by Crippen LogP contribution is -2.45. The second-order valence-electron chi connectivity index (χ2n) is 5.77. The number of Topliss-reactive ketones (excluding diaryl/α,β-unsaturated/α-hetero) is 1. The summed E-state index contributed by atoms with van der Waals surface area (Å²) in [4.78, 5) is 33.2. The Bertz CT molecular complexity index is 673. The number of amides is 1. The number of nitrogens with zero attached hydrogens (tertiary/aromatic N) is 2. The van der Waals surface area contributed by atoms with Crippen molar-refractivity contribution in [2.24, 2.45) is 5.92 Å². The van der Waals surface area contributed by atoms with E-state index in [2.05, 4.69) is 15.3 Å². The first-order valence-corrected chi connectivity index (χ1v) is 7.93. The highest BCUT2D eigenvalue weighted by molar-refractivity contribution is 5.98. The number of hydrogen-bond donors (Lipinski definition) is 1. The van der Waals surface area contributed by atoms with E-state index in [0.29, 0.717) is 11.4 Å². The fourth-order valence-electron chi connectivity index (χ4n) is 3.06. The van der Waals surface area contributed by atoms with Gasteiger partial charge in [0.1, 0.15) is 11.4 Å². The van der Waals surface area contributed by atoms with Gasteiger partial charge >= 0.3 is 0 Å². The number of pyridine rings is 2. The Kier molecular flexibility index (Phi) is 4.76. The second-order valence-corrected chi connectivity index (χ2v) is 5.77. The number of carbonyl (C=O) groups is 2. The average Bonchev–Trinajstić information content (AvgIpc) is 2.63. The van der Waals surface area contributed by atoms with Gasteiger partial charge in [0.05, 0.1) is 0 Å². The average molecular weight is 309 g/mol. The molecule has 1 fully saturated rings. The number of ketones is 1. The molecule has 0 aliphatic heterocycles. The zero-order chi connectivity index (χ0) is 16.1. The van der Waals surface area contributed by atoms with Crippen molar-refractivity contribution in [3.8, 4) is 0 Å². The highest BCUT2D eigenvalue weighted by Gasteiger charge is 2.33. The van der Waals surface area contributed by atoms with Crippen molar-refractivity contribution >= 4 is 11.7 Å². The van der Waals surface area contributed by atoms with Crippen molar-refractivity contribution in [3.63, 3.8) is 0 Å². The molecule has 0 bridgehead atoms. The van der Waals surface area contributed by atoms with Crippen LogP contribution >= 0.6 is 0 Å². The molecule has 0 spiro atoms. The van der Waals surface area contributed by atoms with Gasteiger partial charge in [-0.1, -0.05) is 25.0 Å². The van der Waals surface area contributed by atoms with Crippen LogP contribution in [0.2, 0.25) is 0 Å². The van der Waals surface area contributed by atoms with Crippen LogP contribution < -0.4 is 5.32 Å². The first kappa shape index (κ1) is 15.3. The Labute approximate surface area is 135 Å². The Hall–Kier alpha value is -2.56. The van der Waals surface area contributed by atoms with Gasteiger partial charge < -0.3 is 5.32 Å². The van der Waals surface area contributed by atoms with Gasteiger partial charge in [-0.15, -0.1) is 0 Å². The summed E-state index contributed by atoms with van der Waals surface area (Å²) in [5, 5.41) is 2.99. The van der Waals surface area contributed by atoms with E-state index < -0.39 is 0 Å². The van der Waals surface area contributed by atoms with Crippen molar-refractivity contribution in [2.45, 2.75) is 31.7 Å². The Morgan fingerprint density at radius 2 is 1.57 bits per heavy atom.